The molecule has 1 fully saturated rings. The Morgan fingerprint density at radius 1 is 1.29 bits per heavy atom. The molecular weight excluding hydrogens is 234 g/mol. The fraction of sp³-hybridized carbons (Fsp3) is 1.00. The molecule has 4 heteroatoms. The average molecular weight is 261 g/mol. The van der Waals surface area contributed by atoms with Gasteiger partial charge in [0.1, 0.15) is 0 Å². The van der Waals surface area contributed by atoms with Crippen molar-refractivity contribution in [3.05, 3.63) is 0 Å². The van der Waals surface area contributed by atoms with E-state index in [9.17, 15) is 8.42 Å². The summed E-state index contributed by atoms with van der Waals surface area (Å²) in [5.74, 6) is 1.40. The van der Waals surface area contributed by atoms with E-state index in [4.69, 9.17) is 5.73 Å². The van der Waals surface area contributed by atoms with Gasteiger partial charge >= 0.3 is 0 Å². The SMILES string of the molecule is CCCCS(=O)(=O)C1CC(C(C)C)CCC1N. The Morgan fingerprint density at radius 2 is 1.94 bits per heavy atom. The molecule has 0 aromatic heterocycles. The molecule has 0 radical (unpaired) electrons. The van der Waals surface area contributed by atoms with Gasteiger partial charge in [0.15, 0.2) is 9.84 Å². The lowest BCUT2D eigenvalue weighted by atomic mass is 9.79. The molecule has 0 amide bonds. The minimum atomic E-state index is -2.99. The first-order valence-corrected chi connectivity index (χ1v) is 8.57. The summed E-state index contributed by atoms with van der Waals surface area (Å²) < 4.78 is 24.5. The molecule has 3 unspecified atom stereocenters. The maximum Gasteiger partial charge on any atom is 0.154 e. The molecule has 3 atom stereocenters. The number of sulfone groups is 1. The molecule has 0 aromatic carbocycles. The van der Waals surface area contributed by atoms with E-state index in [2.05, 4.69) is 13.8 Å². The highest BCUT2D eigenvalue weighted by atomic mass is 32.2. The highest BCUT2D eigenvalue weighted by Gasteiger charge is 2.37. The Labute approximate surface area is 106 Å². The van der Waals surface area contributed by atoms with Crippen molar-refractivity contribution in [3.63, 3.8) is 0 Å². The number of nitrogens with two attached hydrogens (primary N) is 1. The summed E-state index contributed by atoms with van der Waals surface area (Å²) in [6, 6.07) is -0.146. The van der Waals surface area contributed by atoms with Crippen LogP contribution in [-0.4, -0.2) is 25.5 Å². The Kier molecular flexibility index (Phi) is 5.45. The third-order valence-electron chi connectivity index (χ3n) is 4.07. The van der Waals surface area contributed by atoms with Gasteiger partial charge in [-0.2, -0.15) is 0 Å². The molecule has 0 aliphatic heterocycles. The second-order valence-electron chi connectivity index (χ2n) is 5.74. The Hall–Kier alpha value is -0.0900. The minimum Gasteiger partial charge on any atom is -0.327 e. The van der Waals surface area contributed by atoms with Gasteiger partial charge < -0.3 is 5.73 Å². The van der Waals surface area contributed by atoms with Crippen LogP contribution in [-0.2, 0) is 9.84 Å². The van der Waals surface area contributed by atoms with Crippen LogP contribution < -0.4 is 5.73 Å². The lowest BCUT2D eigenvalue weighted by Gasteiger charge is -2.35. The third kappa shape index (κ3) is 3.95. The van der Waals surface area contributed by atoms with Crippen LogP contribution in [0.25, 0.3) is 0 Å². The highest BCUT2D eigenvalue weighted by molar-refractivity contribution is 7.92. The normalized spacial score (nSPS) is 30.8. The lowest BCUT2D eigenvalue weighted by Crippen LogP contribution is -2.46. The van der Waals surface area contributed by atoms with E-state index in [0.29, 0.717) is 17.6 Å². The van der Waals surface area contributed by atoms with Crippen LogP contribution in [0.5, 0.6) is 0 Å². The molecule has 1 aliphatic carbocycles. The van der Waals surface area contributed by atoms with Crippen molar-refractivity contribution in [2.24, 2.45) is 17.6 Å². The summed E-state index contributed by atoms with van der Waals surface area (Å²) in [7, 11) is -2.99. The molecule has 0 bridgehead atoms. The van der Waals surface area contributed by atoms with E-state index >= 15 is 0 Å². The van der Waals surface area contributed by atoms with Crippen molar-refractivity contribution in [1.82, 2.24) is 0 Å². The molecular formula is C13H27NO2S. The van der Waals surface area contributed by atoms with Gasteiger partial charge in [0, 0.05) is 6.04 Å². The predicted octanol–water partition coefficient (Wildman–Crippen LogP) is 2.35. The van der Waals surface area contributed by atoms with E-state index in [1.165, 1.54) is 0 Å². The molecule has 0 heterocycles. The number of rotatable bonds is 5. The standard InChI is InChI=1S/C13H27NO2S/c1-4-5-8-17(15,16)13-9-11(10(2)3)6-7-12(13)14/h10-13H,4-9,14H2,1-3H3. The molecule has 17 heavy (non-hydrogen) atoms. The smallest absolute Gasteiger partial charge is 0.154 e. The zero-order valence-corrected chi connectivity index (χ0v) is 12.2. The quantitative estimate of drug-likeness (QED) is 0.826. The van der Waals surface area contributed by atoms with Crippen LogP contribution in [0, 0.1) is 11.8 Å². The van der Waals surface area contributed by atoms with Gasteiger partial charge in [0.2, 0.25) is 0 Å². The summed E-state index contributed by atoms with van der Waals surface area (Å²) in [6.07, 6.45) is 4.40. The van der Waals surface area contributed by atoms with Crippen molar-refractivity contribution in [3.8, 4) is 0 Å². The maximum absolute atomic E-state index is 12.2. The lowest BCUT2D eigenvalue weighted by molar-refractivity contribution is 0.261. The second-order valence-corrected chi connectivity index (χ2v) is 8.08. The summed E-state index contributed by atoms with van der Waals surface area (Å²) >= 11 is 0. The summed E-state index contributed by atoms with van der Waals surface area (Å²) in [6.45, 7) is 6.38. The van der Waals surface area contributed by atoms with Gasteiger partial charge in [-0.15, -0.1) is 0 Å². The first-order valence-electron chi connectivity index (χ1n) is 6.85. The molecule has 0 saturated heterocycles. The van der Waals surface area contributed by atoms with Crippen molar-refractivity contribution in [1.29, 1.82) is 0 Å². The molecule has 2 N–H and O–H groups in total. The van der Waals surface area contributed by atoms with E-state index in [0.717, 1.165) is 32.1 Å². The largest absolute Gasteiger partial charge is 0.327 e. The topological polar surface area (TPSA) is 60.2 Å². The molecule has 1 aliphatic rings. The first-order chi connectivity index (χ1) is 7.88. The van der Waals surface area contributed by atoms with Crippen LogP contribution >= 0.6 is 0 Å². The van der Waals surface area contributed by atoms with Gasteiger partial charge in [-0.3, -0.25) is 0 Å². The summed E-state index contributed by atoms with van der Waals surface area (Å²) in [5, 5.41) is -0.296. The number of hydrogen-bond donors (Lipinski definition) is 1. The molecule has 1 rings (SSSR count). The van der Waals surface area contributed by atoms with Crippen LogP contribution in [0.3, 0.4) is 0 Å². The fourth-order valence-corrected chi connectivity index (χ4v) is 4.90. The van der Waals surface area contributed by atoms with Crippen LogP contribution in [0.2, 0.25) is 0 Å². The van der Waals surface area contributed by atoms with Crippen LogP contribution in [0.1, 0.15) is 52.9 Å². The molecule has 0 spiro atoms. The first kappa shape index (κ1) is 15.0. The number of unbranched alkanes of at least 4 members (excludes halogenated alkanes) is 1. The van der Waals surface area contributed by atoms with Gasteiger partial charge in [0.25, 0.3) is 0 Å². The zero-order valence-electron chi connectivity index (χ0n) is 11.4. The van der Waals surface area contributed by atoms with Crippen molar-refractivity contribution < 1.29 is 8.42 Å². The summed E-state index contributed by atoms with van der Waals surface area (Å²) in [5.41, 5.74) is 6.02. The molecule has 0 aromatic rings. The fourth-order valence-electron chi connectivity index (χ4n) is 2.70. The van der Waals surface area contributed by atoms with Crippen LogP contribution in [0.15, 0.2) is 0 Å². The average Bonchev–Trinajstić information content (AvgIpc) is 2.26. The van der Waals surface area contributed by atoms with Crippen molar-refractivity contribution in [2.45, 2.75) is 64.2 Å². The van der Waals surface area contributed by atoms with Gasteiger partial charge in [-0.05, 0) is 37.5 Å². The number of hydrogen-bond acceptors (Lipinski definition) is 3. The summed E-state index contributed by atoms with van der Waals surface area (Å²) in [4.78, 5) is 0. The van der Waals surface area contributed by atoms with E-state index < -0.39 is 9.84 Å². The third-order valence-corrected chi connectivity index (χ3v) is 6.39. The predicted molar refractivity (Wildman–Crippen MR) is 72.6 cm³/mol. The van der Waals surface area contributed by atoms with Gasteiger partial charge in [-0.1, -0.05) is 27.2 Å². The van der Waals surface area contributed by atoms with Crippen molar-refractivity contribution >= 4 is 9.84 Å². The van der Waals surface area contributed by atoms with Gasteiger partial charge in [0.05, 0.1) is 11.0 Å². The van der Waals surface area contributed by atoms with E-state index in [1.807, 2.05) is 6.92 Å². The van der Waals surface area contributed by atoms with E-state index in [1.54, 1.807) is 0 Å². The molecule has 102 valence electrons. The van der Waals surface area contributed by atoms with Crippen molar-refractivity contribution in [2.75, 3.05) is 5.75 Å². The van der Waals surface area contributed by atoms with Crippen LogP contribution in [0.4, 0.5) is 0 Å². The monoisotopic (exact) mass is 261 g/mol. The Bertz CT molecular complexity index is 324. The highest BCUT2D eigenvalue weighted by Crippen LogP contribution is 2.33. The minimum absolute atomic E-state index is 0.146. The Morgan fingerprint density at radius 3 is 2.47 bits per heavy atom. The second kappa shape index (κ2) is 6.19. The van der Waals surface area contributed by atoms with E-state index in [-0.39, 0.29) is 11.3 Å². The molecule has 3 nitrogen and oxygen atoms in total. The maximum atomic E-state index is 12.2. The Balaban J connectivity index is 2.72. The molecule has 1 saturated carbocycles. The zero-order chi connectivity index (χ0) is 13.1. The van der Waals surface area contributed by atoms with Gasteiger partial charge in [-0.25, -0.2) is 8.42 Å².